The molecule has 0 unspecified atom stereocenters. The maximum Gasteiger partial charge on any atom is 0.330 e. The van der Waals surface area contributed by atoms with Crippen LogP contribution in [0.4, 0.5) is 5.82 Å². The Morgan fingerprint density at radius 3 is 2.69 bits per heavy atom. The molecule has 2 N–H and O–H groups in total. The summed E-state index contributed by atoms with van der Waals surface area (Å²) in [5.41, 5.74) is 2.78. The second-order valence-electron chi connectivity index (χ2n) is 7.67. The molecule has 1 atom stereocenters. The number of aromatic nitrogens is 2. The van der Waals surface area contributed by atoms with E-state index in [1.165, 1.54) is 15.7 Å². The molecule has 6 heteroatoms. The monoisotopic (exact) mass is 353 g/mol. The third kappa shape index (κ3) is 2.28. The van der Waals surface area contributed by atoms with Crippen LogP contribution < -0.4 is 16.6 Å². The SMILES string of the molecule is O=c1[nH]c2c(c(=O)n1C1CCOCC1)CC[C@@]1(CCc3ccccc31)N2. The van der Waals surface area contributed by atoms with Gasteiger partial charge in [0.1, 0.15) is 5.82 Å². The first kappa shape index (κ1) is 15.9. The minimum absolute atomic E-state index is 0.0617. The molecule has 26 heavy (non-hydrogen) atoms. The third-order valence-corrected chi connectivity index (χ3v) is 6.31. The van der Waals surface area contributed by atoms with Crippen LogP contribution in [0.1, 0.15) is 48.4 Å². The van der Waals surface area contributed by atoms with Gasteiger partial charge < -0.3 is 10.1 Å². The zero-order valence-corrected chi connectivity index (χ0v) is 14.7. The van der Waals surface area contributed by atoms with E-state index >= 15 is 0 Å². The van der Waals surface area contributed by atoms with Crippen LogP contribution in [0.2, 0.25) is 0 Å². The largest absolute Gasteiger partial charge is 0.381 e. The average molecular weight is 353 g/mol. The molecule has 136 valence electrons. The Balaban J connectivity index is 1.56. The van der Waals surface area contributed by atoms with E-state index in [0.29, 0.717) is 43.9 Å². The summed E-state index contributed by atoms with van der Waals surface area (Å²) in [6, 6.07) is 8.42. The van der Waals surface area contributed by atoms with Gasteiger partial charge in [-0.3, -0.25) is 14.3 Å². The number of fused-ring (bicyclic) bond motifs is 3. The fraction of sp³-hybridized carbons (Fsp3) is 0.500. The minimum Gasteiger partial charge on any atom is -0.381 e. The maximum atomic E-state index is 13.0. The van der Waals surface area contributed by atoms with Crippen molar-refractivity contribution in [1.29, 1.82) is 0 Å². The van der Waals surface area contributed by atoms with Gasteiger partial charge in [-0.1, -0.05) is 24.3 Å². The summed E-state index contributed by atoms with van der Waals surface area (Å²) < 4.78 is 6.79. The molecule has 5 rings (SSSR count). The molecule has 1 fully saturated rings. The Kier molecular flexibility index (Phi) is 3.57. The molecule has 6 nitrogen and oxygen atoms in total. The highest BCUT2D eigenvalue weighted by atomic mass is 16.5. The van der Waals surface area contributed by atoms with E-state index in [1.54, 1.807) is 0 Å². The zero-order chi connectivity index (χ0) is 17.7. The lowest BCUT2D eigenvalue weighted by Crippen LogP contribution is -2.46. The van der Waals surface area contributed by atoms with E-state index in [0.717, 1.165) is 19.3 Å². The smallest absolute Gasteiger partial charge is 0.330 e. The number of H-pyrrole nitrogens is 1. The van der Waals surface area contributed by atoms with Crippen molar-refractivity contribution in [2.24, 2.45) is 0 Å². The van der Waals surface area contributed by atoms with Crippen LogP contribution in [-0.2, 0) is 23.1 Å². The summed E-state index contributed by atoms with van der Waals surface area (Å²) in [7, 11) is 0. The summed E-state index contributed by atoms with van der Waals surface area (Å²) in [4.78, 5) is 28.7. The Labute approximate surface area is 151 Å². The number of hydrogen-bond donors (Lipinski definition) is 2. The van der Waals surface area contributed by atoms with Crippen molar-refractivity contribution in [2.45, 2.75) is 50.1 Å². The van der Waals surface area contributed by atoms with Crippen LogP contribution in [0, 0.1) is 0 Å². The van der Waals surface area contributed by atoms with E-state index < -0.39 is 0 Å². The van der Waals surface area contributed by atoms with Gasteiger partial charge in [-0.05, 0) is 49.7 Å². The van der Waals surface area contributed by atoms with Crippen LogP contribution in [0.15, 0.2) is 33.9 Å². The second-order valence-corrected chi connectivity index (χ2v) is 7.67. The molecule has 0 saturated carbocycles. The molecule has 1 aliphatic carbocycles. The van der Waals surface area contributed by atoms with E-state index in [-0.39, 0.29) is 22.8 Å². The van der Waals surface area contributed by atoms with Crippen molar-refractivity contribution < 1.29 is 4.74 Å². The first-order valence-electron chi connectivity index (χ1n) is 9.50. The lowest BCUT2D eigenvalue weighted by atomic mass is 9.83. The highest BCUT2D eigenvalue weighted by molar-refractivity contribution is 5.54. The average Bonchev–Trinajstić information content (AvgIpc) is 3.01. The topological polar surface area (TPSA) is 76.1 Å². The van der Waals surface area contributed by atoms with Gasteiger partial charge in [0.15, 0.2) is 0 Å². The number of ether oxygens (including phenoxy) is 1. The van der Waals surface area contributed by atoms with Crippen molar-refractivity contribution in [2.75, 3.05) is 18.5 Å². The van der Waals surface area contributed by atoms with Crippen molar-refractivity contribution >= 4 is 5.82 Å². The highest BCUT2D eigenvalue weighted by Crippen LogP contribution is 2.45. The zero-order valence-electron chi connectivity index (χ0n) is 14.7. The number of nitrogens with zero attached hydrogens (tertiary/aromatic N) is 1. The number of nitrogens with one attached hydrogen (secondary N) is 2. The lowest BCUT2D eigenvalue weighted by Gasteiger charge is -2.37. The molecule has 2 aliphatic heterocycles. The normalized spacial score (nSPS) is 24.9. The minimum atomic E-state index is -0.309. The number of aryl methyl sites for hydroxylation is 1. The quantitative estimate of drug-likeness (QED) is 0.823. The molecule has 0 radical (unpaired) electrons. The molecule has 1 aromatic carbocycles. The van der Waals surface area contributed by atoms with Gasteiger partial charge in [-0.15, -0.1) is 0 Å². The molecule has 1 spiro atoms. The van der Waals surface area contributed by atoms with Gasteiger partial charge in [0.2, 0.25) is 0 Å². The Hall–Kier alpha value is -2.34. The summed E-state index contributed by atoms with van der Waals surface area (Å²) in [6.07, 6.45) is 5.03. The van der Waals surface area contributed by atoms with Gasteiger partial charge in [0, 0.05) is 19.3 Å². The fourth-order valence-corrected chi connectivity index (χ4v) is 4.92. The molecule has 3 heterocycles. The molecule has 0 bridgehead atoms. The van der Waals surface area contributed by atoms with E-state index in [2.05, 4.69) is 34.6 Å². The number of benzene rings is 1. The van der Waals surface area contributed by atoms with Gasteiger partial charge in [0.25, 0.3) is 5.56 Å². The summed E-state index contributed by atoms with van der Waals surface area (Å²) >= 11 is 0. The highest BCUT2D eigenvalue weighted by Gasteiger charge is 2.42. The summed E-state index contributed by atoms with van der Waals surface area (Å²) in [5.74, 6) is 0.617. The van der Waals surface area contributed by atoms with Gasteiger partial charge in [-0.2, -0.15) is 0 Å². The fourth-order valence-electron chi connectivity index (χ4n) is 4.92. The second kappa shape index (κ2) is 5.84. The van der Waals surface area contributed by atoms with Crippen molar-refractivity contribution in [3.63, 3.8) is 0 Å². The van der Waals surface area contributed by atoms with Crippen LogP contribution in [0.3, 0.4) is 0 Å². The summed E-state index contributed by atoms with van der Waals surface area (Å²) in [5, 5.41) is 3.55. The number of anilines is 1. The number of hydrogen-bond acceptors (Lipinski definition) is 4. The van der Waals surface area contributed by atoms with E-state index in [9.17, 15) is 9.59 Å². The molecular weight excluding hydrogens is 330 g/mol. The number of aromatic amines is 1. The van der Waals surface area contributed by atoms with Crippen molar-refractivity contribution in [3.05, 3.63) is 61.8 Å². The predicted molar refractivity (Wildman–Crippen MR) is 98.8 cm³/mol. The Morgan fingerprint density at radius 2 is 1.85 bits per heavy atom. The van der Waals surface area contributed by atoms with Gasteiger partial charge in [0.05, 0.1) is 11.1 Å². The van der Waals surface area contributed by atoms with Gasteiger partial charge in [-0.25, -0.2) is 4.79 Å². The molecule has 3 aliphatic rings. The van der Waals surface area contributed by atoms with Crippen LogP contribution >= 0.6 is 0 Å². The van der Waals surface area contributed by atoms with Gasteiger partial charge >= 0.3 is 5.69 Å². The lowest BCUT2D eigenvalue weighted by molar-refractivity contribution is 0.0673. The molecule has 1 aromatic heterocycles. The Morgan fingerprint density at radius 1 is 1.08 bits per heavy atom. The standard InChI is InChI=1S/C20H23N3O3/c24-18-15-6-10-20(9-5-13-3-1-2-4-16(13)20)22-17(15)21-19(25)23(18)14-7-11-26-12-8-14/h1-4,14,22H,5-12H2,(H,21,25)/t20-/m1/s1. The molecule has 0 amide bonds. The van der Waals surface area contributed by atoms with E-state index in [1.807, 2.05) is 0 Å². The molecular formula is C20H23N3O3. The summed E-state index contributed by atoms with van der Waals surface area (Å²) in [6.45, 7) is 1.21. The predicted octanol–water partition coefficient (Wildman–Crippen LogP) is 2.09. The Bertz CT molecular complexity index is 971. The first-order chi connectivity index (χ1) is 12.7. The number of rotatable bonds is 1. The van der Waals surface area contributed by atoms with Crippen LogP contribution in [0.5, 0.6) is 0 Å². The van der Waals surface area contributed by atoms with Crippen LogP contribution in [0.25, 0.3) is 0 Å². The first-order valence-corrected chi connectivity index (χ1v) is 9.50. The third-order valence-electron chi connectivity index (χ3n) is 6.31. The maximum absolute atomic E-state index is 13.0. The van der Waals surface area contributed by atoms with Crippen LogP contribution in [-0.4, -0.2) is 22.8 Å². The van der Waals surface area contributed by atoms with Crippen molar-refractivity contribution in [3.8, 4) is 0 Å². The molecule has 2 aromatic rings. The van der Waals surface area contributed by atoms with E-state index in [4.69, 9.17) is 4.74 Å². The molecule has 1 saturated heterocycles. The van der Waals surface area contributed by atoms with Crippen molar-refractivity contribution in [1.82, 2.24) is 9.55 Å².